The first-order valence-electron chi connectivity index (χ1n) is 1.34. The molecular formula is C6Cu4FeK4N6. The van der Waals surface area contributed by atoms with E-state index in [2.05, 4.69) is 0 Å². The normalized spacial score (nSPS) is 0.571. The van der Waals surface area contributed by atoms with Crippen molar-refractivity contribution in [3.8, 4) is 0 Å². The van der Waals surface area contributed by atoms with Crippen LogP contribution >= 0.6 is 0 Å². The minimum atomic E-state index is 0. The third kappa shape index (κ3) is 409. The van der Waals surface area contributed by atoms with E-state index in [0.717, 1.165) is 0 Å². The van der Waals surface area contributed by atoms with E-state index in [1.54, 1.807) is 0 Å². The minimum Gasteiger partial charge on any atom is -0.512 e. The van der Waals surface area contributed by atoms with Crippen LogP contribution in [0.25, 0.3) is 0 Å². The van der Waals surface area contributed by atoms with Crippen molar-refractivity contribution in [2.45, 2.75) is 0 Å². The van der Waals surface area contributed by atoms with Gasteiger partial charge in [-0.1, -0.05) is 0 Å². The van der Waals surface area contributed by atoms with Crippen LogP contribution in [0, 0.1) is 71.0 Å². The summed E-state index contributed by atoms with van der Waals surface area (Å²) < 4.78 is 0. The molecule has 6 nitrogen and oxygen atoms in total. The molecule has 0 unspecified atom stereocenters. The molecule has 0 N–H and O–H groups in total. The zero-order chi connectivity index (χ0) is 12.0. The van der Waals surface area contributed by atoms with E-state index in [9.17, 15) is 0 Å². The van der Waals surface area contributed by atoms with Crippen LogP contribution in [-0.2, 0) is 85.3 Å². The van der Waals surface area contributed by atoms with Gasteiger partial charge in [-0.2, -0.15) is 0 Å². The van der Waals surface area contributed by atoms with E-state index in [1.165, 1.54) is 0 Å². The van der Waals surface area contributed by atoms with E-state index in [0.29, 0.717) is 0 Å². The predicted octanol–water partition coefficient (Wildman–Crippen LogP) is -11.4. The van der Waals surface area contributed by atoms with Gasteiger partial charge in [0.15, 0.2) is 0 Å². The van der Waals surface area contributed by atoms with Crippen LogP contribution in [0.4, 0.5) is 0 Å². The van der Waals surface area contributed by atoms with Crippen molar-refractivity contribution in [1.82, 2.24) is 0 Å². The van der Waals surface area contributed by atoms with Gasteiger partial charge in [0.2, 0.25) is 0 Å². The topological polar surface area (TPSA) is 143 Å². The van der Waals surface area contributed by atoms with Crippen LogP contribution in [0.15, 0.2) is 0 Å². The van der Waals surface area contributed by atoms with Crippen LogP contribution in [-0.4, -0.2) is 0 Å². The maximum Gasteiger partial charge on any atom is 2.00 e. The minimum absolute atomic E-state index is 0. The van der Waals surface area contributed by atoms with Gasteiger partial charge in [0.05, 0.1) is 0 Å². The van der Waals surface area contributed by atoms with Crippen LogP contribution < -0.4 is 206 Å². The number of nitrogens with zero attached hydrogens (tertiary/aromatic N) is 6. The molecule has 0 saturated carbocycles. The summed E-state index contributed by atoms with van der Waals surface area (Å²) in [5.41, 5.74) is 0. The van der Waals surface area contributed by atoms with Crippen molar-refractivity contribution >= 4 is 0 Å². The van der Waals surface area contributed by atoms with E-state index in [1.807, 2.05) is 0 Å². The van der Waals surface area contributed by atoms with Gasteiger partial charge in [-0.3, -0.25) is 0 Å². The summed E-state index contributed by atoms with van der Waals surface area (Å²) in [4.78, 5) is 0. The Hall–Kier alpha value is 6.08. The van der Waals surface area contributed by atoms with Crippen molar-refractivity contribution in [3.63, 3.8) is 0 Å². The van der Waals surface area contributed by atoms with Crippen LogP contribution in [0.1, 0.15) is 0 Å². The van der Waals surface area contributed by atoms with Gasteiger partial charge in [0, 0.05) is 68.3 Å². The van der Waals surface area contributed by atoms with Gasteiger partial charge in [0.1, 0.15) is 0 Å². The predicted molar refractivity (Wildman–Crippen MR) is 29.8 cm³/mol. The first-order chi connectivity index (χ1) is 6.00. The Kier molecular flexibility index (Phi) is 2670. The van der Waals surface area contributed by atoms with Gasteiger partial charge in [-0.15, -0.1) is 0 Å². The second kappa shape index (κ2) is 444. The number of hydrogen-bond acceptors (Lipinski definition) is 6. The molecule has 0 aliphatic rings. The first-order valence-corrected chi connectivity index (χ1v) is 1.34. The van der Waals surface area contributed by atoms with E-state index >= 15 is 0 Å². The molecule has 15 heteroatoms. The molecule has 0 aliphatic heterocycles. The van der Waals surface area contributed by atoms with E-state index in [4.69, 9.17) is 71.0 Å². The average molecular weight is 623 g/mol. The number of hydrogen-bond donors (Lipinski definition) is 0. The first kappa shape index (κ1) is 126. The van der Waals surface area contributed by atoms with Crippen molar-refractivity contribution in [1.29, 1.82) is 31.6 Å². The average Bonchev–Trinajstić information content (AvgIpc) is 2.33. The zero-order valence-electron chi connectivity index (χ0n) is 11.2. The van der Waals surface area contributed by atoms with Gasteiger partial charge in [0.25, 0.3) is 0 Å². The molecule has 0 amide bonds. The SMILES string of the molecule is [C-]#N.[C-]#N.[C-]#N.[C-]#N.[C-]#N.[C-]#N.[Cu].[Cu].[Cu].[Cu].[Fe+2].[K+].[K+].[K+].[K+]. The van der Waals surface area contributed by atoms with E-state index < -0.39 is 0 Å². The molecule has 0 bridgehead atoms. The number of rotatable bonds is 0. The third-order valence-corrected chi connectivity index (χ3v) is 0. The molecule has 0 saturated heterocycles. The Labute approximate surface area is 351 Å². The fraction of sp³-hybridized carbons (Fsp3) is 0. The summed E-state index contributed by atoms with van der Waals surface area (Å²) in [6.07, 6.45) is 0. The molecular weight excluding hydrogens is 623 g/mol. The molecule has 0 spiro atoms. The molecule has 0 heterocycles. The van der Waals surface area contributed by atoms with Crippen molar-refractivity contribution in [3.05, 3.63) is 39.4 Å². The molecule has 0 aromatic rings. The summed E-state index contributed by atoms with van der Waals surface area (Å²) in [7, 11) is 0. The molecule has 0 aromatic heterocycles. The summed E-state index contributed by atoms with van der Waals surface area (Å²) >= 11 is 0. The van der Waals surface area contributed by atoms with Gasteiger partial charge in [-0.25, -0.2) is 0 Å². The second-order valence-corrected chi connectivity index (χ2v) is 0. The second-order valence-electron chi connectivity index (χ2n) is 0. The van der Waals surface area contributed by atoms with Crippen LogP contribution in [0.5, 0.6) is 0 Å². The fourth-order valence-electron chi connectivity index (χ4n) is 0. The van der Waals surface area contributed by atoms with Gasteiger partial charge >= 0.3 is 223 Å². The third-order valence-electron chi connectivity index (χ3n) is 0. The van der Waals surface area contributed by atoms with Gasteiger partial charge in [-0.05, 0) is 0 Å². The molecule has 21 heavy (non-hydrogen) atoms. The van der Waals surface area contributed by atoms with E-state index in [-0.39, 0.29) is 291 Å². The largest absolute Gasteiger partial charge is 2.00 e. The maximum atomic E-state index is 6.25. The zero-order valence-corrected chi connectivity index (χ0v) is 28.6. The Bertz CT molecular complexity index is 120. The van der Waals surface area contributed by atoms with Gasteiger partial charge < -0.3 is 71.0 Å². The molecule has 0 aromatic carbocycles. The quantitative estimate of drug-likeness (QED) is 0.194. The van der Waals surface area contributed by atoms with Crippen molar-refractivity contribution < 1.29 is 291 Å². The monoisotopic (exact) mass is 620 g/mol. The summed E-state index contributed by atoms with van der Waals surface area (Å²) in [5.74, 6) is 0. The molecule has 110 valence electrons. The Morgan fingerprint density at radius 3 is 0.286 bits per heavy atom. The van der Waals surface area contributed by atoms with Crippen LogP contribution in [0.2, 0.25) is 0 Å². The Balaban J connectivity index is -0.00000000146. The smallest absolute Gasteiger partial charge is 0.512 e. The molecule has 0 rings (SSSR count). The Morgan fingerprint density at radius 1 is 0.286 bits per heavy atom. The van der Waals surface area contributed by atoms with Crippen molar-refractivity contribution in [2.24, 2.45) is 0 Å². The summed E-state index contributed by atoms with van der Waals surface area (Å²) in [5, 5.41) is 37.5. The Morgan fingerprint density at radius 2 is 0.286 bits per heavy atom. The maximum absolute atomic E-state index is 6.25. The molecule has 0 aliphatic carbocycles. The molecule has 0 fully saturated rings. The molecule has 0 atom stereocenters. The van der Waals surface area contributed by atoms with Crippen LogP contribution in [0.3, 0.4) is 0 Å². The molecule has 4 radical (unpaired) electrons. The van der Waals surface area contributed by atoms with Crippen molar-refractivity contribution in [2.75, 3.05) is 0 Å². The standard InChI is InChI=1S/6CN.4Cu.Fe.4K/c6*1-2;;;;;;;;;/q6*-1;;;;;+2;4*+1. The summed E-state index contributed by atoms with van der Waals surface area (Å²) in [6, 6.07) is 0. The fourth-order valence-corrected chi connectivity index (χ4v) is 0. The summed E-state index contributed by atoms with van der Waals surface area (Å²) in [6.45, 7) is 28.5.